The zero-order chi connectivity index (χ0) is 23.5. The van der Waals surface area contributed by atoms with E-state index >= 15 is 0 Å². The van der Waals surface area contributed by atoms with Crippen LogP contribution in [-0.4, -0.2) is 37.9 Å². The molecule has 0 saturated carbocycles. The van der Waals surface area contributed by atoms with Gasteiger partial charge in [0, 0.05) is 13.1 Å². The zero-order valence-electron chi connectivity index (χ0n) is 19.8. The smallest absolute Gasteiger partial charge is 0.242 e. The van der Waals surface area contributed by atoms with Crippen molar-refractivity contribution < 1.29 is 15.7 Å². The number of ether oxygens (including phenoxy) is 2. The first-order valence-electron chi connectivity index (χ1n) is 11.2. The molecule has 2 heterocycles. The van der Waals surface area contributed by atoms with Gasteiger partial charge in [-0.2, -0.15) is 4.52 Å². The predicted molar refractivity (Wildman–Crippen MR) is 125 cm³/mol. The van der Waals surface area contributed by atoms with Gasteiger partial charge in [0.2, 0.25) is 11.5 Å². The Morgan fingerprint density at radius 1 is 1.12 bits per heavy atom. The van der Waals surface area contributed by atoms with Crippen molar-refractivity contribution in [2.45, 2.75) is 72.4 Å². The van der Waals surface area contributed by atoms with Crippen LogP contribution in [0, 0.1) is 5.41 Å². The SMILES string of the molecule is CCOc1cc(C(=O)Cn2nc3ccc(OC(CC)CC)nn3c2=N)cc(C(C)(C)C)c1.[HH]. The van der Waals surface area contributed by atoms with Crippen LogP contribution in [0.1, 0.15) is 71.7 Å². The van der Waals surface area contributed by atoms with Crippen molar-refractivity contribution in [1.82, 2.24) is 19.4 Å². The van der Waals surface area contributed by atoms with E-state index in [9.17, 15) is 4.79 Å². The Kier molecular flexibility index (Phi) is 7.01. The van der Waals surface area contributed by atoms with Gasteiger partial charge >= 0.3 is 0 Å². The number of nitrogens with one attached hydrogen (secondary N) is 1. The third-order valence-electron chi connectivity index (χ3n) is 5.36. The van der Waals surface area contributed by atoms with Crippen molar-refractivity contribution in [2.75, 3.05) is 6.61 Å². The number of Topliss-reactive ketones (excluding diaryl/α,β-unsaturated/α-hetero) is 1. The van der Waals surface area contributed by atoms with Gasteiger partial charge in [-0.3, -0.25) is 10.2 Å². The number of nitrogens with zero attached hydrogens (tertiary/aromatic N) is 4. The van der Waals surface area contributed by atoms with Crippen LogP contribution in [-0.2, 0) is 12.0 Å². The summed E-state index contributed by atoms with van der Waals surface area (Å²) in [5.41, 5.74) is 1.92. The van der Waals surface area contributed by atoms with Gasteiger partial charge < -0.3 is 9.47 Å². The lowest BCUT2D eigenvalue weighted by Crippen LogP contribution is -2.27. The molecule has 1 aromatic carbocycles. The average Bonchev–Trinajstić information content (AvgIpc) is 3.06. The molecule has 3 aromatic rings. The van der Waals surface area contributed by atoms with Crippen LogP contribution in [0.4, 0.5) is 0 Å². The van der Waals surface area contributed by atoms with Crippen molar-refractivity contribution >= 4 is 11.4 Å². The molecule has 0 aliphatic carbocycles. The van der Waals surface area contributed by atoms with Crippen LogP contribution in [0.25, 0.3) is 5.65 Å². The van der Waals surface area contributed by atoms with Crippen molar-refractivity contribution in [1.29, 1.82) is 5.41 Å². The van der Waals surface area contributed by atoms with Gasteiger partial charge in [-0.25, -0.2) is 4.68 Å². The Labute approximate surface area is 190 Å². The summed E-state index contributed by atoms with van der Waals surface area (Å²) in [5.74, 6) is 0.960. The van der Waals surface area contributed by atoms with Crippen molar-refractivity contribution in [3.8, 4) is 11.6 Å². The molecule has 0 atom stereocenters. The number of hydrogen-bond acceptors (Lipinski definition) is 6. The average molecular weight is 442 g/mol. The van der Waals surface area contributed by atoms with E-state index in [0.717, 1.165) is 18.4 Å². The van der Waals surface area contributed by atoms with Gasteiger partial charge in [0.25, 0.3) is 0 Å². The highest BCUT2D eigenvalue weighted by Crippen LogP contribution is 2.28. The van der Waals surface area contributed by atoms with Crippen LogP contribution < -0.4 is 15.1 Å². The number of rotatable bonds is 9. The Morgan fingerprint density at radius 3 is 2.47 bits per heavy atom. The number of aromatic nitrogens is 4. The van der Waals surface area contributed by atoms with Crippen molar-refractivity contribution in [2.24, 2.45) is 0 Å². The second-order valence-corrected chi connectivity index (χ2v) is 8.83. The summed E-state index contributed by atoms with van der Waals surface area (Å²) in [5, 5.41) is 17.2. The summed E-state index contributed by atoms with van der Waals surface area (Å²) in [6.45, 7) is 12.8. The van der Waals surface area contributed by atoms with E-state index in [4.69, 9.17) is 14.9 Å². The number of carbonyl (C=O) groups excluding carboxylic acids is 1. The first-order chi connectivity index (χ1) is 15.2. The fraction of sp³-hybridized carbons (Fsp3) is 0.500. The summed E-state index contributed by atoms with van der Waals surface area (Å²) >= 11 is 0. The summed E-state index contributed by atoms with van der Waals surface area (Å²) in [7, 11) is 0. The summed E-state index contributed by atoms with van der Waals surface area (Å²) in [6.07, 6.45) is 1.82. The highest BCUT2D eigenvalue weighted by molar-refractivity contribution is 5.96. The summed E-state index contributed by atoms with van der Waals surface area (Å²) in [4.78, 5) is 13.1. The van der Waals surface area contributed by atoms with Crippen LogP contribution >= 0.6 is 0 Å². The lowest BCUT2D eigenvalue weighted by atomic mass is 9.85. The quantitative estimate of drug-likeness (QED) is 0.497. The standard InChI is InChI=1S/C24H33N5O3.H2/c1-7-18(8-2)32-22-11-10-21-26-28(23(25)29(21)27-22)15-20(30)16-12-17(24(4,5)6)14-19(13-16)31-9-3;/h10-14,18,25H,7-9,15H2,1-6H3;1H. The largest absolute Gasteiger partial charge is 0.494 e. The molecule has 0 aliphatic heterocycles. The maximum atomic E-state index is 13.1. The van der Waals surface area contributed by atoms with Gasteiger partial charge in [0.1, 0.15) is 12.3 Å². The fourth-order valence-corrected chi connectivity index (χ4v) is 3.38. The molecule has 8 nitrogen and oxygen atoms in total. The molecule has 0 unspecified atom stereocenters. The second kappa shape index (κ2) is 9.54. The molecule has 0 radical (unpaired) electrons. The van der Waals surface area contributed by atoms with Crippen LogP contribution in [0.2, 0.25) is 0 Å². The molecule has 8 heteroatoms. The molecule has 0 bridgehead atoms. The van der Waals surface area contributed by atoms with Crippen molar-refractivity contribution in [3.63, 3.8) is 0 Å². The van der Waals surface area contributed by atoms with E-state index in [1.165, 1.54) is 9.20 Å². The molecule has 0 saturated heterocycles. The van der Waals surface area contributed by atoms with Crippen LogP contribution in [0.5, 0.6) is 11.6 Å². The Hall–Kier alpha value is -3.16. The number of benzene rings is 1. The van der Waals surface area contributed by atoms with E-state index < -0.39 is 0 Å². The molecule has 3 rings (SSSR count). The monoisotopic (exact) mass is 441 g/mol. The lowest BCUT2D eigenvalue weighted by molar-refractivity contribution is 0.0965. The van der Waals surface area contributed by atoms with E-state index in [0.29, 0.717) is 29.4 Å². The lowest BCUT2D eigenvalue weighted by Gasteiger charge is -2.21. The molecular weight excluding hydrogens is 406 g/mol. The van der Waals surface area contributed by atoms with Crippen LogP contribution in [0.15, 0.2) is 30.3 Å². The summed E-state index contributed by atoms with van der Waals surface area (Å²) < 4.78 is 14.3. The highest BCUT2D eigenvalue weighted by atomic mass is 16.5. The number of carbonyl (C=O) groups is 1. The fourth-order valence-electron chi connectivity index (χ4n) is 3.38. The molecule has 32 heavy (non-hydrogen) atoms. The molecule has 174 valence electrons. The normalized spacial score (nSPS) is 11.8. The van der Waals surface area contributed by atoms with Crippen molar-refractivity contribution in [3.05, 3.63) is 47.1 Å². The third kappa shape index (κ3) is 5.18. The van der Waals surface area contributed by atoms with Gasteiger partial charge in [-0.1, -0.05) is 34.6 Å². The van der Waals surface area contributed by atoms with Gasteiger partial charge in [-0.15, -0.1) is 10.2 Å². The second-order valence-electron chi connectivity index (χ2n) is 8.83. The van der Waals surface area contributed by atoms with Crippen LogP contribution in [0.3, 0.4) is 0 Å². The topological polar surface area (TPSA) is 94.5 Å². The number of fused-ring (bicyclic) bond motifs is 1. The third-order valence-corrected chi connectivity index (χ3v) is 5.36. The Bertz CT molecular complexity index is 1160. The van der Waals surface area contributed by atoms with Gasteiger partial charge in [0.15, 0.2) is 11.4 Å². The molecule has 0 aliphatic rings. The Balaban J connectivity index is 0.00000385. The first kappa shape index (κ1) is 23.5. The maximum absolute atomic E-state index is 13.1. The van der Waals surface area contributed by atoms with E-state index in [1.54, 1.807) is 18.2 Å². The molecule has 0 spiro atoms. The number of hydrogen-bond donors (Lipinski definition) is 1. The predicted octanol–water partition coefficient (Wildman–Crippen LogP) is 4.40. The maximum Gasteiger partial charge on any atom is 0.242 e. The van der Waals surface area contributed by atoms with E-state index in [1.807, 2.05) is 19.1 Å². The molecule has 0 fully saturated rings. The van der Waals surface area contributed by atoms with Gasteiger partial charge in [-0.05, 0) is 55.0 Å². The molecular formula is C24H35N5O3. The minimum Gasteiger partial charge on any atom is -0.494 e. The highest BCUT2D eigenvalue weighted by Gasteiger charge is 2.19. The van der Waals surface area contributed by atoms with E-state index in [2.05, 4.69) is 44.8 Å². The number of ketones is 1. The Morgan fingerprint density at radius 2 is 1.84 bits per heavy atom. The molecule has 1 N–H and O–H groups in total. The molecule has 2 aromatic heterocycles. The zero-order valence-corrected chi connectivity index (χ0v) is 19.8. The first-order valence-corrected chi connectivity index (χ1v) is 11.2. The van der Waals surface area contributed by atoms with E-state index in [-0.39, 0.29) is 30.9 Å². The van der Waals surface area contributed by atoms with Gasteiger partial charge in [0.05, 0.1) is 12.7 Å². The minimum absolute atomic E-state index is 0. The molecule has 0 amide bonds. The minimum atomic E-state index is -0.146. The summed E-state index contributed by atoms with van der Waals surface area (Å²) in [6, 6.07) is 9.11.